The molecule has 1 aliphatic heterocycles. The van der Waals surface area contributed by atoms with Gasteiger partial charge in [0.2, 0.25) is 0 Å². The largest absolute Gasteiger partial charge is 0.378 e. The Morgan fingerprint density at radius 2 is 1.17 bits per heavy atom. The molecule has 0 N–H and O–H groups in total. The molecule has 7 nitrogen and oxygen atoms in total. The third-order valence-corrected chi connectivity index (χ3v) is 7.95. The predicted molar refractivity (Wildman–Crippen MR) is 150 cm³/mol. The summed E-state index contributed by atoms with van der Waals surface area (Å²) in [6, 6.07) is 16.1. The van der Waals surface area contributed by atoms with Gasteiger partial charge in [-0.1, -0.05) is 24.3 Å². The van der Waals surface area contributed by atoms with Crippen molar-refractivity contribution >= 4 is 36.9 Å². The molecule has 2 aromatic rings. The molecule has 8 heteroatoms. The summed E-state index contributed by atoms with van der Waals surface area (Å²) in [5.74, 6) is 0.00211. The standard InChI is InChI=1S/C28H38N3O4P/c1-7-34-36(33,35-8-2)21-31-19-24(17-22-9-13-26(14-10-22)29(3)4)28(32)25(20-31)18-23-11-15-27(16-12-23)30(5)6/h9-18H,7-8,19-21H2,1-6H3/b24-17+,25-18+. The number of likely N-dealkylation sites (tertiary alicyclic amines) is 1. The molecule has 36 heavy (non-hydrogen) atoms. The van der Waals surface area contributed by atoms with Gasteiger partial charge < -0.3 is 18.8 Å². The third kappa shape index (κ3) is 7.40. The SMILES string of the molecule is CCOP(=O)(CN1C/C(=C\c2ccc(N(C)C)cc2)C(=O)/C(=C/c2ccc(N(C)C)cc2)C1)OCC. The molecule has 0 amide bonds. The van der Waals surface area contributed by atoms with Crippen molar-refractivity contribution in [3.8, 4) is 0 Å². The fourth-order valence-electron chi connectivity index (χ4n) is 4.11. The minimum Gasteiger partial charge on any atom is -0.378 e. The van der Waals surface area contributed by atoms with E-state index in [1.807, 2.05) is 104 Å². The lowest BCUT2D eigenvalue weighted by atomic mass is 9.94. The Balaban J connectivity index is 1.96. The number of piperidine rings is 1. The summed E-state index contributed by atoms with van der Waals surface area (Å²) < 4.78 is 24.3. The van der Waals surface area contributed by atoms with Crippen LogP contribution in [-0.4, -0.2) is 71.5 Å². The number of Topliss-reactive ketones (excluding diaryl/α,β-unsaturated/α-hetero) is 1. The lowest BCUT2D eigenvalue weighted by molar-refractivity contribution is -0.113. The normalized spacial score (nSPS) is 17.1. The molecule has 0 bridgehead atoms. The van der Waals surface area contributed by atoms with E-state index in [1.54, 1.807) is 13.8 Å². The second-order valence-corrected chi connectivity index (χ2v) is 11.2. The minimum atomic E-state index is -3.31. The Kier molecular flexibility index (Phi) is 9.69. The van der Waals surface area contributed by atoms with E-state index in [0.717, 1.165) is 22.5 Å². The van der Waals surface area contributed by atoms with E-state index in [-0.39, 0.29) is 12.1 Å². The Bertz CT molecular complexity index is 1050. The molecule has 0 aromatic heterocycles. The minimum absolute atomic E-state index is 0.00211. The van der Waals surface area contributed by atoms with Crippen molar-refractivity contribution in [3.63, 3.8) is 0 Å². The highest BCUT2D eigenvalue weighted by Crippen LogP contribution is 2.49. The fraction of sp³-hybridized carbons (Fsp3) is 0.393. The van der Waals surface area contributed by atoms with Crippen molar-refractivity contribution in [1.29, 1.82) is 0 Å². The molecule has 1 heterocycles. The molecule has 0 atom stereocenters. The first-order valence-corrected chi connectivity index (χ1v) is 14.0. The zero-order valence-electron chi connectivity index (χ0n) is 22.2. The van der Waals surface area contributed by atoms with Gasteiger partial charge >= 0.3 is 7.60 Å². The van der Waals surface area contributed by atoms with Crippen molar-refractivity contribution in [2.24, 2.45) is 0 Å². The molecule has 2 aromatic carbocycles. The van der Waals surface area contributed by atoms with Crippen LogP contribution in [0.15, 0.2) is 59.7 Å². The van der Waals surface area contributed by atoms with E-state index in [2.05, 4.69) is 0 Å². The van der Waals surface area contributed by atoms with Crippen LogP contribution in [0.1, 0.15) is 25.0 Å². The second kappa shape index (κ2) is 12.5. The van der Waals surface area contributed by atoms with Crippen LogP contribution in [0.25, 0.3) is 12.2 Å². The first-order valence-electron chi connectivity index (χ1n) is 12.2. The van der Waals surface area contributed by atoms with E-state index >= 15 is 0 Å². The van der Waals surface area contributed by atoms with Gasteiger partial charge in [0.25, 0.3) is 0 Å². The maximum atomic E-state index is 13.5. The molecule has 0 spiro atoms. The van der Waals surface area contributed by atoms with Crippen molar-refractivity contribution in [2.75, 3.05) is 70.6 Å². The number of hydrogen-bond acceptors (Lipinski definition) is 7. The molecule has 1 fully saturated rings. The molecular weight excluding hydrogens is 473 g/mol. The highest BCUT2D eigenvalue weighted by atomic mass is 31.2. The third-order valence-electron chi connectivity index (χ3n) is 5.90. The molecule has 0 saturated carbocycles. The number of carbonyl (C=O) groups is 1. The lowest BCUT2D eigenvalue weighted by Gasteiger charge is -2.32. The van der Waals surface area contributed by atoms with Crippen LogP contribution in [-0.2, 0) is 18.4 Å². The fourth-order valence-corrected chi connectivity index (χ4v) is 5.82. The van der Waals surface area contributed by atoms with Crippen LogP contribution < -0.4 is 9.80 Å². The van der Waals surface area contributed by atoms with Crippen LogP contribution in [0.3, 0.4) is 0 Å². The monoisotopic (exact) mass is 511 g/mol. The van der Waals surface area contributed by atoms with Gasteiger partial charge in [0.1, 0.15) is 6.29 Å². The van der Waals surface area contributed by atoms with E-state index in [4.69, 9.17) is 9.05 Å². The summed E-state index contributed by atoms with van der Waals surface area (Å²) in [6.07, 6.45) is 3.96. The summed E-state index contributed by atoms with van der Waals surface area (Å²) in [4.78, 5) is 19.6. The zero-order chi connectivity index (χ0) is 26.3. The first kappa shape index (κ1) is 27.9. The number of anilines is 2. The van der Waals surface area contributed by atoms with E-state index in [0.29, 0.717) is 37.4 Å². The van der Waals surface area contributed by atoms with Crippen molar-refractivity contribution in [3.05, 3.63) is 70.8 Å². The Labute approximate surface area is 215 Å². The van der Waals surface area contributed by atoms with Gasteiger partial charge in [0.05, 0.1) is 13.2 Å². The first-order chi connectivity index (χ1) is 17.1. The molecule has 0 unspecified atom stereocenters. The Morgan fingerprint density at radius 3 is 1.50 bits per heavy atom. The van der Waals surface area contributed by atoms with Crippen molar-refractivity contribution in [2.45, 2.75) is 13.8 Å². The summed E-state index contributed by atoms with van der Waals surface area (Å²) in [7, 11) is 4.66. The molecular formula is C28H38N3O4P. The summed E-state index contributed by atoms with van der Waals surface area (Å²) in [6.45, 7) is 4.94. The topological polar surface area (TPSA) is 62.3 Å². The number of nitrogens with zero attached hydrogens (tertiary/aromatic N) is 3. The molecule has 0 radical (unpaired) electrons. The quantitative estimate of drug-likeness (QED) is 0.313. The summed E-state index contributed by atoms with van der Waals surface area (Å²) in [5, 5.41) is 0. The number of rotatable bonds is 10. The molecule has 3 rings (SSSR count). The summed E-state index contributed by atoms with van der Waals surface area (Å²) in [5.41, 5.74) is 5.36. The van der Waals surface area contributed by atoms with Gasteiger partial charge in [-0.25, -0.2) is 0 Å². The van der Waals surface area contributed by atoms with E-state index in [1.165, 1.54) is 0 Å². The number of benzene rings is 2. The highest BCUT2D eigenvalue weighted by Gasteiger charge is 2.33. The van der Waals surface area contributed by atoms with Crippen LogP contribution >= 0.6 is 7.60 Å². The Morgan fingerprint density at radius 1 is 0.778 bits per heavy atom. The molecule has 1 aliphatic rings. The average Bonchev–Trinajstić information content (AvgIpc) is 2.83. The molecule has 194 valence electrons. The predicted octanol–water partition coefficient (Wildman–Crippen LogP) is 5.39. The van der Waals surface area contributed by atoms with Crippen LogP contribution in [0, 0.1) is 0 Å². The Hall–Kier alpha value is -2.70. The van der Waals surface area contributed by atoms with Crippen LogP contribution in [0.2, 0.25) is 0 Å². The average molecular weight is 512 g/mol. The van der Waals surface area contributed by atoms with Gasteiger partial charge in [0.15, 0.2) is 5.78 Å². The highest BCUT2D eigenvalue weighted by molar-refractivity contribution is 7.53. The maximum Gasteiger partial charge on any atom is 0.344 e. The molecule has 1 saturated heterocycles. The van der Waals surface area contributed by atoms with E-state index in [9.17, 15) is 9.36 Å². The van der Waals surface area contributed by atoms with Crippen molar-refractivity contribution < 1.29 is 18.4 Å². The van der Waals surface area contributed by atoms with Crippen molar-refractivity contribution in [1.82, 2.24) is 4.90 Å². The van der Waals surface area contributed by atoms with E-state index < -0.39 is 7.60 Å². The molecule has 0 aliphatic carbocycles. The van der Waals surface area contributed by atoms with Gasteiger partial charge in [-0.05, 0) is 61.4 Å². The second-order valence-electron chi connectivity index (χ2n) is 9.22. The van der Waals surface area contributed by atoms with Gasteiger partial charge in [-0.15, -0.1) is 0 Å². The smallest absolute Gasteiger partial charge is 0.344 e. The summed E-state index contributed by atoms with van der Waals surface area (Å²) >= 11 is 0. The number of carbonyl (C=O) groups excluding carboxylic acids is 1. The number of ketones is 1. The van der Waals surface area contributed by atoms with Gasteiger partial charge in [-0.2, -0.15) is 0 Å². The van der Waals surface area contributed by atoms with Gasteiger partial charge in [-0.3, -0.25) is 14.3 Å². The lowest BCUT2D eigenvalue weighted by Crippen LogP contribution is -2.38. The van der Waals surface area contributed by atoms with Crippen LogP contribution in [0.5, 0.6) is 0 Å². The maximum absolute atomic E-state index is 13.5. The van der Waals surface area contributed by atoms with Gasteiger partial charge in [0, 0.05) is 63.8 Å². The zero-order valence-corrected chi connectivity index (χ0v) is 23.1. The van der Waals surface area contributed by atoms with Crippen LogP contribution in [0.4, 0.5) is 11.4 Å². The number of hydrogen-bond donors (Lipinski definition) is 0.